The van der Waals surface area contributed by atoms with Crippen molar-refractivity contribution in [3.05, 3.63) is 70.8 Å². The van der Waals surface area contributed by atoms with Crippen molar-refractivity contribution in [1.82, 2.24) is 19.6 Å². The molecule has 2 aliphatic rings. The molecule has 2 aliphatic heterocycles. The third kappa shape index (κ3) is 9.39. The number of amides is 1. The van der Waals surface area contributed by atoms with Crippen LogP contribution in [0.1, 0.15) is 47.6 Å². The summed E-state index contributed by atoms with van der Waals surface area (Å²) in [5, 5.41) is 8.63. The van der Waals surface area contributed by atoms with Crippen LogP contribution >= 0.6 is 24.8 Å². The Balaban J connectivity index is 0.00000323. The average molecular weight is 657 g/mol. The fourth-order valence-corrected chi connectivity index (χ4v) is 5.42. The zero-order valence-corrected chi connectivity index (χ0v) is 25.4. The molecule has 4 rings (SSSR count). The van der Waals surface area contributed by atoms with Crippen molar-refractivity contribution in [2.75, 3.05) is 52.9 Å². The van der Waals surface area contributed by atoms with Crippen LogP contribution < -0.4 is 0 Å². The smallest absolute Gasteiger partial charge is 0.344 e. The predicted molar refractivity (Wildman–Crippen MR) is 158 cm³/mol. The predicted octanol–water partition coefficient (Wildman–Crippen LogP) is 6.35. The SMILES string of the molecule is CN(CCc1cc(C(F)(F)F)cc(C(F)(F)F)c1)C(=O)C(c1ccccc1)N1CCN(C(=N)N2CCCCC2)CC1.Cl.Cl. The third-order valence-corrected chi connectivity index (χ3v) is 7.74. The summed E-state index contributed by atoms with van der Waals surface area (Å²) in [4.78, 5) is 21.2. The number of nitrogens with zero attached hydrogens (tertiary/aromatic N) is 4. The van der Waals surface area contributed by atoms with Gasteiger partial charge in [-0.3, -0.25) is 15.1 Å². The highest BCUT2D eigenvalue weighted by Gasteiger charge is 2.37. The topological polar surface area (TPSA) is 53.9 Å². The Morgan fingerprint density at radius 2 is 1.33 bits per heavy atom. The van der Waals surface area contributed by atoms with E-state index in [-0.39, 0.29) is 55.3 Å². The molecule has 2 aromatic rings. The summed E-state index contributed by atoms with van der Waals surface area (Å²) in [6.45, 7) is 3.87. The van der Waals surface area contributed by atoms with E-state index in [1.165, 1.54) is 18.4 Å². The van der Waals surface area contributed by atoms with Crippen molar-refractivity contribution < 1.29 is 31.1 Å². The second kappa shape index (κ2) is 15.3. The second-order valence-electron chi connectivity index (χ2n) is 10.6. The first kappa shape index (κ1) is 36.5. The summed E-state index contributed by atoms with van der Waals surface area (Å²) in [5.74, 6) is 0.210. The highest BCUT2D eigenvalue weighted by molar-refractivity contribution is 5.85. The largest absolute Gasteiger partial charge is 0.416 e. The van der Waals surface area contributed by atoms with Crippen LogP contribution in [0, 0.1) is 5.41 Å². The number of hydrogen-bond acceptors (Lipinski definition) is 3. The number of carbonyl (C=O) groups is 1. The number of nitrogens with one attached hydrogen (secondary N) is 1. The molecule has 0 aliphatic carbocycles. The van der Waals surface area contributed by atoms with Crippen molar-refractivity contribution in [2.45, 2.75) is 44.1 Å². The number of rotatable bonds is 6. The van der Waals surface area contributed by atoms with Crippen molar-refractivity contribution in [3.8, 4) is 0 Å². The molecule has 0 radical (unpaired) electrons. The monoisotopic (exact) mass is 655 g/mol. The van der Waals surface area contributed by atoms with Crippen molar-refractivity contribution in [2.24, 2.45) is 0 Å². The van der Waals surface area contributed by atoms with E-state index in [9.17, 15) is 31.1 Å². The minimum absolute atomic E-state index is 0. The maximum atomic E-state index is 13.7. The minimum Gasteiger partial charge on any atom is -0.344 e. The van der Waals surface area contributed by atoms with Gasteiger partial charge >= 0.3 is 12.4 Å². The fraction of sp³-hybridized carbons (Fsp3) is 0.517. The van der Waals surface area contributed by atoms with Gasteiger partial charge in [-0.1, -0.05) is 30.3 Å². The maximum Gasteiger partial charge on any atom is 0.416 e. The van der Waals surface area contributed by atoms with E-state index in [1.54, 1.807) is 0 Å². The molecule has 1 atom stereocenters. The fourth-order valence-electron chi connectivity index (χ4n) is 5.42. The normalized spacial score (nSPS) is 17.0. The quantitative estimate of drug-likeness (QED) is 0.224. The number of piperazine rings is 1. The summed E-state index contributed by atoms with van der Waals surface area (Å²) in [6, 6.07) is 9.99. The van der Waals surface area contributed by atoms with Crippen LogP contribution in [-0.2, 0) is 23.6 Å². The van der Waals surface area contributed by atoms with Gasteiger partial charge in [0, 0.05) is 52.9 Å². The molecule has 240 valence electrons. The van der Waals surface area contributed by atoms with Gasteiger partial charge in [-0.2, -0.15) is 26.3 Å². The van der Waals surface area contributed by atoms with Gasteiger partial charge in [0.1, 0.15) is 6.04 Å². The van der Waals surface area contributed by atoms with Gasteiger partial charge in [0.2, 0.25) is 5.91 Å². The summed E-state index contributed by atoms with van der Waals surface area (Å²) in [6.07, 6.45) is -6.72. The van der Waals surface area contributed by atoms with Gasteiger partial charge in [-0.15, -0.1) is 24.8 Å². The van der Waals surface area contributed by atoms with E-state index in [1.807, 2.05) is 40.1 Å². The number of guanidine groups is 1. The molecule has 0 bridgehead atoms. The minimum atomic E-state index is -4.93. The van der Waals surface area contributed by atoms with E-state index in [4.69, 9.17) is 5.41 Å². The number of piperidine rings is 1. The second-order valence-corrected chi connectivity index (χ2v) is 10.6. The van der Waals surface area contributed by atoms with E-state index < -0.39 is 29.5 Å². The van der Waals surface area contributed by atoms with Crippen molar-refractivity contribution in [3.63, 3.8) is 0 Å². The Bertz CT molecular complexity index is 1170. The molecule has 0 saturated carbocycles. The molecule has 0 spiro atoms. The zero-order chi connectivity index (χ0) is 29.8. The lowest BCUT2D eigenvalue weighted by Gasteiger charge is -2.43. The van der Waals surface area contributed by atoms with E-state index >= 15 is 0 Å². The molecule has 1 amide bonds. The molecule has 2 aromatic carbocycles. The molecule has 14 heteroatoms. The molecule has 43 heavy (non-hydrogen) atoms. The first-order valence-corrected chi connectivity index (χ1v) is 13.8. The Morgan fingerprint density at radius 1 is 0.814 bits per heavy atom. The van der Waals surface area contributed by atoms with Crippen LogP contribution in [0.25, 0.3) is 0 Å². The Labute approximate surface area is 260 Å². The van der Waals surface area contributed by atoms with Gasteiger partial charge in [0.15, 0.2) is 5.96 Å². The number of halogens is 8. The Kier molecular flexibility index (Phi) is 13.0. The van der Waals surface area contributed by atoms with E-state index in [0.29, 0.717) is 44.3 Å². The summed E-state index contributed by atoms with van der Waals surface area (Å²) in [7, 11) is 1.51. The molecule has 2 heterocycles. The van der Waals surface area contributed by atoms with Crippen LogP contribution in [0.5, 0.6) is 0 Å². The number of alkyl halides is 6. The van der Waals surface area contributed by atoms with Gasteiger partial charge in [-0.05, 0) is 55.0 Å². The average Bonchev–Trinajstić information content (AvgIpc) is 2.96. The van der Waals surface area contributed by atoms with E-state index in [0.717, 1.165) is 31.5 Å². The third-order valence-electron chi connectivity index (χ3n) is 7.74. The van der Waals surface area contributed by atoms with Crippen LogP contribution in [0.2, 0.25) is 0 Å². The first-order chi connectivity index (χ1) is 19.3. The number of likely N-dealkylation sites (tertiary alicyclic amines) is 1. The number of hydrogen-bond donors (Lipinski definition) is 1. The van der Waals surface area contributed by atoms with Gasteiger partial charge < -0.3 is 14.7 Å². The highest BCUT2D eigenvalue weighted by Crippen LogP contribution is 2.36. The zero-order valence-electron chi connectivity index (χ0n) is 23.8. The Morgan fingerprint density at radius 3 is 1.84 bits per heavy atom. The Hall–Kier alpha value is -2.70. The maximum absolute atomic E-state index is 13.7. The van der Waals surface area contributed by atoms with Crippen molar-refractivity contribution in [1.29, 1.82) is 5.41 Å². The van der Waals surface area contributed by atoms with Gasteiger partial charge in [0.05, 0.1) is 11.1 Å². The van der Waals surface area contributed by atoms with Crippen LogP contribution in [0.4, 0.5) is 26.3 Å². The lowest BCUT2D eigenvalue weighted by molar-refractivity contribution is -0.143. The summed E-state index contributed by atoms with van der Waals surface area (Å²) in [5.41, 5.74) is -2.13. The van der Waals surface area contributed by atoms with Crippen LogP contribution in [-0.4, -0.2) is 84.3 Å². The molecule has 2 saturated heterocycles. The molecule has 6 nitrogen and oxygen atoms in total. The van der Waals surface area contributed by atoms with Crippen LogP contribution in [0.3, 0.4) is 0 Å². The molecule has 1 unspecified atom stereocenters. The molecular weight excluding hydrogens is 619 g/mol. The summed E-state index contributed by atoms with van der Waals surface area (Å²) < 4.78 is 79.7. The highest BCUT2D eigenvalue weighted by atomic mass is 35.5. The molecule has 0 aromatic heterocycles. The lowest BCUT2D eigenvalue weighted by atomic mass is 10.0. The molecule has 2 fully saturated rings. The number of carbonyl (C=O) groups excluding carboxylic acids is 1. The number of likely N-dealkylation sites (N-methyl/N-ethyl adjacent to an activating group) is 1. The van der Waals surface area contributed by atoms with E-state index in [2.05, 4.69) is 4.90 Å². The lowest BCUT2D eigenvalue weighted by Crippen LogP contribution is -2.56. The molecular formula is C29H37Cl2F6N5O. The molecule has 1 N–H and O–H groups in total. The van der Waals surface area contributed by atoms with Crippen molar-refractivity contribution >= 4 is 36.7 Å². The van der Waals surface area contributed by atoms with Gasteiger partial charge in [-0.25, -0.2) is 0 Å². The summed E-state index contributed by atoms with van der Waals surface area (Å²) >= 11 is 0. The number of benzene rings is 2. The van der Waals surface area contributed by atoms with Crippen LogP contribution in [0.15, 0.2) is 48.5 Å². The first-order valence-electron chi connectivity index (χ1n) is 13.8. The standard InChI is InChI=1S/C29H35F6N5O.2ClH/c1-37(13-10-21-18-23(28(30,31)32)20-24(19-21)29(33,34)35)26(41)25(22-8-4-2-5-9-22)38-14-16-40(17-15-38)27(36)39-11-6-3-7-12-39;;/h2,4-5,8-9,18-20,25,36H,3,6-7,10-17H2,1H3;2*1H. The van der Waals surface area contributed by atoms with Gasteiger partial charge in [0.25, 0.3) is 0 Å².